The van der Waals surface area contributed by atoms with E-state index in [9.17, 15) is 9.59 Å². The smallest absolute Gasteiger partial charge is 0.329 e. The second-order valence-electron chi connectivity index (χ2n) is 3.53. The fourth-order valence-electron chi connectivity index (χ4n) is 1.37. The minimum atomic E-state index is -1.00. The first-order valence-corrected chi connectivity index (χ1v) is 4.24. The van der Waals surface area contributed by atoms with Crippen LogP contribution in [0, 0.1) is 0 Å². The number of rotatable bonds is 4. The molecule has 1 aliphatic rings. The van der Waals surface area contributed by atoms with E-state index in [0.29, 0.717) is 13.1 Å². The van der Waals surface area contributed by atoms with Crippen LogP contribution < -0.4 is 0 Å². The molecule has 1 amide bonds. The van der Waals surface area contributed by atoms with E-state index in [2.05, 4.69) is 6.58 Å². The lowest BCUT2D eigenvalue weighted by Crippen LogP contribution is -2.63. The molecule has 1 aliphatic heterocycles. The molecule has 1 heterocycles. The quantitative estimate of drug-likeness (QED) is 0.641. The van der Waals surface area contributed by atoms with Gasteiger partial charge in [0.05, 0.1) is 13.1 Å². The largest absolute Gasteiger partial charge is 0.480 e. The summed E-state index contributed by atoms with van der Waals surface area (Å²) in [4.78, 5) is 22.8. The van der Waals surface area contributed by atoms with E-state index in [4.69, 9.17) is 9.84 Å². The third-order valence-corrected chi connectivity index (χ3v) is 2.08. The normalized spacial score (nSPS) is 18.5. The lowest BCUT2D eigenvalue weighted by molar-refractivity contribution is -0.170. The zero-order chi connectivity index (χ0) is 10.8. The molecule has 0 bridgehead atoms. The predicted octanol–water partition coefficient (Wildman–Crippen LogP) is -0.126. The van der Waals surface area contributed by atoms with Crippen molar-refractivity contribution < 1.29 is 19.4 Å². The molecule has 78 valence electrons. The van der Waals surface area contributed by atoms with Gasteiger partial charge in [0.25, 0.3) is 0 Å². The first-order valence-electron chi connectivity index (χ1n) is 4.24. The topological polar surface area (TPSA) is 66.8 Å². The molecule has 5 heteroatoms. The molecule has 0 saturated carbocycles. The number of ether oxygens (including phenoxy) is 1. The van der Waals surface area contributed by atoms with E-state index in [1.54, 1.807) is 11.8 Å². The molecule has 5 nitrogen and oxygen atoms in total. The lowest BCUT2D eigenvalue weighted by atomic mass is 9.96. The number of hydrogen-bond acceptors (Lipinski definition) is 3. The maximum absolute atomic E-state index is 11.1. The number of aliphatic carboxylic acids is 1. The highest BCUT2D eigenvalue weighted by Crippen LogP contribution is 2.24. The van der Waals surface area contributed by atoms with Crippen LogP contribution in [-0.4, -0.2) is 47.2 Å². The van der Waals surface area contributed by atoms with Crippen molar-refractivity contribution in [2.75, 3.05) is 19.7 Å². The summed E-state index contributed by atoms with van der Waals surface area (Å²) in [7, 11) is 0. The Labute approximate surface area is 82.0 Å². The van der Waals surface area contributed by atoms with E-state index in [-0.39, 0.29) is 12.5 Å². The third kappa shape index (κ3) is 2.32. The van der Waals surface area contributed by atoms with Crippen LogP contribution in [0.5, 0.6) is 0 Å². The summed E-state index contributed by atoms with van der Waals surface area (Å²) in [5.41, 5.74) is -0.517. The molecule has 0 spiro atoms. The molecule has 0 unspecified atom stereocenters. The summed E-state index contributed by atoms with van der Waals surface area (Å²) < 4.78 is 5.12. The van der Waals surface area contributed by atoms with Crippen molar-refractivity contribution in [2.45, 2.75) is 12.5 Å². The van der Waals surface area contributed by atoms with Crippen molar-refractivity contribution in [2.24, 2.45) is 0 Å². The zero-order valence-corrected chi connectivity index (χ0v) is 8.02. The fourth-order valence-corrected chi connectivity index (χ4v) is 1.37. The molecule has 1 rings (SSSR count). The van der Waals surface area contributed by atoms with Gasteiger partial charge in [-0.25, -0.2) is 4.79 Å². The monoisotopic (exact) mass is 199 g/mol. The number of carboxylic acid groups (broad SMARTS) is 1. The summed E-state index contributed by atoms with van der Waals surface area (Å²) >= 11 is 0. The summed E-state index contributed by atoms with van der Waals surface area (Å²) in [6.45, 7) is 5.66. The molecular weight excluding hydrogens is 186 g/mol. The molecule has 1 saturated heterocycles. The van der Waals surface area contributed by atoms with Gasteiger partial charge in [-0.3, -0.25) is 4.79 Å². The Bertz CT molecular complexity index is 268. The third-order valence-electron chi connectivity index (χ3n) is 2.08. The van der Waals surface area contributed by atoms with Gasteiger partial charge >= 0.3 is 5.97 Å². The van der Waals surface area contributed by atoms with E-state index in [0.717, 1.165) is 0 Å². The SMILES string of the molecule is C=CC(=O)N1CC(C)(OCC(=O)O)C1. The zero-order valence-electron chi connectivity index (χ0n) is 8.02. The van der Waals surface area contributed by atoms with Crippen LogP contribution in [0.2, 0.25) is 0 Å². The second-order valence-corrected chi connectivity index (χ2v) is 3.53. The maximum Gasteiger partial charge on any atom is 0.329 e. The summed E-state index contributed by atoms with van der Waals surface area (Å²) in [6.07, 6.45) is 1.23. The van der Waals surface area contributed by atoms with Crippen LogP contribution in [0.4, 0.5) is 0 Å². The van der Waals surface area contributed by atoms with Crippen molar-refractivity contribution in [3.63, 3.8) is 0 Å². The molecule has 1 fully saturated rings. The molecular formula is C9H13NO4. The van der Waals surface area contributed by atoms with Crippen molar-refractivity contribution in [1.29, 1.82) is 0 Å². The fraction of sp³-hybridized carbons (Fsp3) is 0.556. The number of hydrogen-bond donors (Lipinski definition) is 1. The first-order chi connectivity index (χ1) is 6.47. The Balaban J connectivity index is 2.33. The van der Waals surface area contributed by atoms with E-state index in [1.807, 2.05) is 0 Å². The van der Waals surface area contributed by atoms with Gasteiger partial charge in [0, 0.05) is 0 Å². The Kier molecular flexibility index (Phi) is 2.90. The van der Waals surface area contributed by atoms with E-state index < -0.39 is 11.6 Å². The Hall–Kier alpha value is -1.36. The minimum absolute atomic E-state index is 0.151. The highest BCUT2D eigenvalue weighted by Gasteiger charge is 2.41. The van der Waals surface area contributed by atoms with Crippen molar-refractivity contribution in [1.82, 2.24) is 4.90 Å². The molecule has 0 atom stereocenters. The van der Waals surface area contributed by atoms with Gasteiger partial charge < -0.3 is 14.7 Å². The van der Waals surface area contributed by atoms with E-state index in [1.165, 1.54) is 6.08 Å². The molecule has 14 heavy (non-hydrogen) atoms. The lowest BCUT2D eigenvalue weighted by Gasteiger charge is -2.46. The average Bonchev–Trinajstić information content (AvgIpc) is 2.09. The molecule has 0 aromatic carbocycles. The summed E-state index contributed by atoms with van der Waals surface area (Å²) in [5, 5.41) is 8.40. The van der Waals surface area contributed by atoms with Crippen molar-refractivity contribution in [3.8, 4) is 0 Å². The first kappa shape index (κ1) is 10.7. The van der Waals surface area contributed by atoms with Crippen LogP contribution >= 0.6 is 0 Å². The molecule has 0 aromatic heterocycles. The van der Waals surface area contributed by atoms with Gasteiger partial charge in [-0.2, -0.15) is 0 Å². The van der Waals surface area contributed by atoms with Crippen molar-refractivity contribution in [3.05, 3.63) is 12.7 Å². The van der Waals surface area contributed by atoms with Gasteiger partial charge in [-0.05, 0) is 13.0 Å². The van der Waals surface area contributed by atoms with Crippen LogP contribution in [0.1, 0.15) is 6.92 Å². The number of nitrogens with zero attached hydrogens (tertiary/aromatic N) is 1. The highest BCUT2D eigenvalue weighted by molar-refractivity contribution is 5.87. The van der Waals surface area contributed by atoms with Gasteiger partial charge in [-0.1, -0.05) is 6.58 Å². The van der Waals surface area contributed by atoms with Crippen LogP contribution in [0.25, 0.3) is 0 Å². The van der Waals surface area contributed by atoms with Gasteiger partial charge in [0.2, 0.25) is 5.91 Å². The Morgan fingerprint density at radius 1 is 1.64 bits per heavy atom. The van der Waals surface area contributed by atoms with Crippen LogP contribution in [0.15, 0.2) is 12.7 Å². The number of carbonyl (C=O) groups excluding carboxylic acids is 1. The van der Waals surface area contributed by atoms with Crippen LogP contribution in [-0.2, 0) is 14.3 Å². The molecule has 0 aliphatic carbocycles. The number of carboxylic acids is 1. The molecule has 0 radical (unpaired) electrons. The van der Waals surface area contributed by atoms with Crippen LogP contribution in [0.3, 0.4) is 0 Å². The second kappa shape index (κ2) is 3.79. The summed E-state index contributed by atoms with van der Waals surface area (Å²) in [5.74, 6) is -1.15. The minimum Gasteiger partial charge on any atom is -0.480 e. The predicted molar refractivity (Wildman–Crippen MR) is 48.8 cm³/mol. The molecule has 0 aromatic rings. The number of likely N-dealkylation sites (tertiary alicyclic amines) is 1. The van der Waals surface area contributed by atoms with Gasteiger partial charge in [0.1, 0.15) is 12.2 Å². The highest BCUT2D eigenvalue weighted by atomic mass is 16.5. The van der Waals surface area contributed by atoms with E-state index >= 15 is 0 Å². The van der Waals surface area contributed by atoms with Gasteiger partial charge in [-0.15, -0.1) is 0 Å². The average molecular weight is 199 g/mol. The molecule has 1 N–H and O–H groups in total. The maximum atomic E-state index is 11.1. The summed E-state index contributed by atoms with van der Waals surface area (Å²) in [6, 6.07) is 0. The Morgan fingerprint density at radius 2 is 2.21 bits per heavy atom. The number of carbonyl (C=O) groups is 2. The Morgan fingerprint density at radius 3 is 2.64 bits per heavy atom. The van der Waals surface area contributed by atoms with Crippen molar-refractivity contribution >= 4 is 11.9 Å². The standard InChI is InChI=1S/C9H13NO4/c1-3-7(11)10-5-9(2,6-10)14-4-8(12)13/h3H,1,4-6H2,2H3,(H,12,13). The number of amides is 1. The van der Waals surface area contributed by atoms with Gasteiger partial charge in [0.15, 0.2) is 0 Å².